The number of carbonyl (C=O) groups is 1. The van der Waals surface area contributed by atoms with Gasteiger partial charge in [0.2, 0.25) is 0 Å². The van der Waals surface area contributed by atoms with Gasteiger partial charge >= 0.3 is 5.97 Å². The van der Waals surface area contributed by atoms with Crippen LogP contribution in [-0.2, 0) is 4.74 Å². The SMILES string of the molecule is COC(=O)c1cnc2ccc(C#N)cn12. The first-order valence-electron chi connectivity index (χ1n) is 4.22. The minimum atomic E-state index is -0.474. The van der Waals surface area contributed by atoms with Crippen LogP contribution in [0, 0.1) is 11.3 Å². The number of nitriles is 1. The van der Waals surface area contributed by atoms with Crippen LogP contribution < -0.4 is 0 Å². The van der Waals surface area contributed by atoms with Crippen molar-refractivity contribution in [2.75, 3.05) is 7.11 Å². The molecule has 0 radical (unpaired) electrons. The molecule has 0 saturated heterocycles. The monoisotopic (exact) mass is 201 g/mol. The van der Waals surface area contributed by atoms with E-state index in [0.29, 0.717) is 16.9 Å². The predicted octanol–water partition coefficient (Wildman–Crippen LogP) is 0.993. The van der Waals surface area contributed by atoms with Crippen molar-refractivity contribution < 1.29 is 9.53 Å². The van der Waals surface area contributed by atoms with Crippen LogP contribution >= 0.6 is 0 Å². The van der Waals surface area contributed by atoms with E-state index in [9.17, 15) is 4.79 Å². The Balaban J connectivity index is 2.67. The van der Waals surface area contributed by atoms with E-state index in [-0.39, 0.29) is 0 Å². The van der Waals surface area contributed by atoms with Crippen molar-refractivity contribution in [3.8, 4) is 6.07 Å². The number of esters is 1. The fourth-order valence-electron chi connectivity index (χ4n) is 1.30. The van der Waals surface area contributed by atoms with Gasteiger partial charge in [0, 0.05) is 6.20 Å². The van der Waals surface area contributed by atoms with Gasteiger partial charge in [0.1, 0.15) is 11.7 Å². The van der Waals surface area contributed by atoms with Crippen LogP contribution in [0.25, 0.3) is 5.65 Å². The van der Waals surface area contributed by atoms with Gasteiger partial charge in [0.25, 0.3) is 0 Å². The number of fused-ring (bicyclic) bond motifs is 1. The lowest BCUT2D eigenvalue weighted by atomic mass is 10.3. The maximum atomic E-state index is 11.3. The molecule has 5 nitrogen and oxygen atoms in total. The molecule has 0 bridgehead atoms. The second-order valence-corrected chi connectivity index (χ2v) is 2.89. The molecule has 15 heavy (non-hydrogen) atoms. The number of hydrogen-bond acceptors (Lipinski definition) is 4. The summed E-state index contributed by atoms with van der Waals surface area (Å²) in [5.74, 6) is -0.474. The zero-order valence-corrected chi connectivity index (χ0v) is 7.97. The summed E-state index contributed by atoms with van der Waals surface area (Å²) in [4.78, 5) is 15.3. The van der Waals surface area contributed by atoms with Crippen LogP contribution in [0.1, 0.15) is 16.1 Å². The number of hydrogen-bond donors (Lipinski definition) is 0. The summed E-state index contributed by atoms with van der Waals surface area (Å²) in [6.45, 7) is 0. The largest absolute Gasteiger partial charge is 0.464 e. The van der Waals surface area contributed by atoms with Gasteiger partial charge in [-0.15, -0.1) is 0 Å². The molecule has 0 N–H and O–H groups in total. The first-order chi connectivity index (χ1) is 7.26. The van der Waals surface area contributed by atoms with E-state index in [4.69, 9.17) is 5.26 Å². The highest BCUT2D eigenvalue weighted by Crippen LogP contribution is 2.09. The molecule has 0 aliphatic rings. The van der Waals surface area contributed by atoms with Gasteiger partial charge in [-0.2, -0.15) is 5.26 Å². The molecule has 5 heteroatoms. The molecular formula is C10H7N3O2. The number of ether oxygens (including phenoxy) is 1. The van der Waals surface area contributed by atoms with E-state index in [0.717, 1.165) is 0 Å². The quantitative estimate of drug-likeness (QED) is 0.645. The van der Waals surface area contributed by atoms with Crippen molar-refractivity contribution in [2.45, 2.75) is 0 Å². The molecular weight excluding hydrogens is 194 g/mol. The van der Waals surface area contributed by atoms with Crippen LogP contribution in [-0.4, -0.2) is 22.5 Å². The second kappa shape index (κ2) is 3.42. The van der Waals surface area contributed by atoms with E-state index < -0.39 is 5.97 Å². The minimum absolute atomic E-state index is 0.310. The van der Waals surface area contributed by atoms with Crippen LogP contribution in [0.4, 0.5) is 0 Å². The average molecular weight is 201 g/mol. The van der Waals surface area contributed by atoms with Gasteiger partial charge < -0.3 is 4.74 Å². The normalized spacial score (nSPS) is 9.87. The molecule has 2 aromatic heterocycles. The molecule has 0 aromatic carbocycles. The molecule has 0 unspecified atom stereocenters. The summed E-state index contributed by atoms with van der Waals surface area (Å²) >= 11 is 0. The Morgan fingerprint density at radius 3 is 3.07 bits per heavy atom. The Hall–Kier alpha value is -2.35. The summed E-state index contributed by atoms with van der Waals surface area (Å²) in [7, 11) is 1.30. The first kappa shape index (κ1) is 9.21. The fraction of sp³-hybridized carbons (Fsp3) is 0.100. The van der Waals surface area contributed by atoms with Gasteiger partial charge in [-0.05, 0) is 12.1 Å². The number of nitrogens with zero attached hydrogens (tertiary/aromatic N) is 3. The lowest BCUT2D eigenvalue weighted by Gasteiger charge is -1.99. The van der Waals surface area contributed by atoms with Crippen molar-refractivity contribution in [1.82, 2.24) is 9.38 Å². The van der Waals surface area contributed by atoms with Crippen LogP contribution in [0.3, 0.4) is 0 Å². The third-order valence-electron chi connectivity index (χ3n) is 2.03. The van der Waals surface area contributed by atoms with E-state index >= 15 is 0 Å². The Bertz CT molecular complexity index is 566. The highest BCUT2D eigenvalue weighted by Gasteiger charge is 2.11. The molecule has 0 saturated carbocycles. The van der Waals surface area contributed by atoms with E-state index in [1.165, 1.54) is 17.7 Å². The third kappa shape index (κ3) is 1.42. The summed E-state index contributed by atoms with van der Waals surface area (Å²) in [5, 5.41) is 8.72. The number of methoxy groups -OCH3 is 1. The van der Waals surface area contributed by atoms with Crippen molar-refractivity contribution >= 4 is 11.6 Å². The van der Waals surface area contributed by atoms with Gasteiger partial charge in [0.05, 0.1) is 18.9 Å². The standard InChI is InChI=1S/C10H7N3O2/c1-15-10(14)8-5-12-9-3-2-7(4-11)6-13(8)9/h2-3,5-6H,1H3. The van der Waals surface area contributed by atoms with Gasteiger partial charge in [-0.3, -0.25) is 4.40 Å². The van der Waals surface area contributed by atoms with Crippen LogP contribution in [0.5, 0.6) is 0 Å². The lowest BCUT2D eigenvalue weighted by molar-refractivity contribution is 0.0593. The Morgan fingerprint density at radius 2 is 2.40 bits per heavy atom. The topological polar surface area (TPSA) is 67.4 Å². The Morgan fingerprint density at radius 1 is 1.60 bits per heavy atom. The predicted molar refractivity (Wildman–Crippen MR) is 51.2 cm³/mol. The first-order valence-corrected chi connectivity index (χ1v) is 4.22. The van der Waals surface area contributed by atoms with Gasteiger partial charge in [-0.1, -0.05) is 0 Å². The molecule has 0 aliphatic carbocycles. The second-order valence-electron chi connectivity index (χ2n) is 2.89. The maximum absolute atomic E-state index is 11.3. The van der Waals surface area contributed by atoms with E-state index in [1.807, 2.05) is 6.07 Å². The highest BCUT2D eigenvalue weighted by molar-refractivity contribution is 5.88. The van der Waals surface area contributed by atoms with E-state index in [1.54, 1.807) is 18.3 Å². The number of imidazole rings is 1. The smallest absolute Gasteiger partial charge is 0.356 e. The number of rotatable bonds is 1. The van der Waals surface area contributed by atoms with Crippen molar-refractivity contribution in [3.63, 3.8) is 0 Å². The summed E-state index contributed by atoms with van der Waals surface area (Å²) < 4.78 is 6.13. The average Bonchev–Trinajstić information content (AvgIpc) is 2.70. The maximum Gasteiger partial charge on any atom is 0.356 e. The van der Waals surface area contributed by atoms with Crippen LogP contribution in [0.2, 0.25) is 0 Å². The molecule has 2 aromatic rings. The fourth-order valence-corrected chi connectivity index (χ4v) is 1.30. The number of carbonyl (C=O) groups excluding carboxylic acids is 1. The minimum Gasteiger partial charge on any atom is -0.464 e. The van der Waals surface area contributed by atoms with Crippen molar-refractivity contribution in [3.05, 3.63) is 35.8 Å². The molecule has 0 fully saturated rings. The van der Waals surface area contributed by atoms with Gasteiger partial charge in [-0.25, -0.2) is 9.78 Å². The van der Waals surface area contributed by atoms with Crippen LogP contribution in [0.15, 0.2) is 24.5 Å². The Kier molecular flexibility index (Phi) is 2.10. The highest BCUT2D eigenvalue weighted by atomic mass is 16.5. The molecule has 0 spiro atoms. The molecule has 0 aliphatic heterocycles. The summed E-state index contributed by atoms with van der Waals surface area (Å²) in [6, 6.07) is 5.31. The zero-order chi connectivity index (χ0) is 10.8. The van der Waals surface area contributed by atoms with E-state index in [2.05, 4.69) is 9.72 Å². The van der Waals surface area contributed by atoms with Crippen molar-refractivity contribution in [1.29, 1.82) is 5.26 Å². The third-order valence-corrected chi connectivity index (χ3v) is 2.03. The summed E-state index contributed by atoms with van der Waals surface area (Å²) in [6.07, 6.45) is 2.97. The van der Waals surface area contributed by atoms with Crippen molar-refractivity contribution in [2.24, 2.45) is 0 Å². The summed E-state index contributed by atoms with van der Waals surface area (Å²) in [5.41, 5.74) is 1.38. The molecule has 2 rings (SSSR count). The zero-order valence-electron chi connectivity index (χ0n) is 7.97. The lowest BCUT2D eigenvalue weighted by Crippen LogP contribution is -2.05. The Labute approximate surface area is 85.5 Å². The molecule has 0 atom stereocenters. The van der Waals surface area contributed by atoms with Gasteiger partial charge in [0.15, 0.2) is 5.69 Å². The molecule has 0 amide bonds. The molecule has 74 valence electrons. The number of pyridine rings is 1. The molecule has 2 heterocycles. The number of aromatic nitrogens is 2.